The van der Waals surface area contributed by atoms with Gasteiger partial charge in [0.1, 0.15) is 28.8 Å². The summed E-state index contributed by atoms with van der Waals surface area (Å²) in [6.45, 7) is 0.879. The Bertz CT molecular complexity index is 1280. The van der Waals surface area contributed by atoms with E-state index in [9.17, 15) is 13.2 Å². The van der Waals surface area contributed by atoms with Crippen LogP contribution in [0.2, 0.25) is 0 Å². The van der Waals surface area contributed by atoms with Crippen molar-refractivity contribution < 1.29 is 27.4 Å². The van der Waals surface area contributed by atoms with Crippen molar-refractivity contribution in [3.8, 4) is 17.2 Å². The Kier molecular flexibility index (Phi) is 8.12. The highest BCUT2D eigenvalue weighted by Crippen LogP contribution is 2.33. The Morgan fingerprint density at radius 1 is 0.972 bits per heavy atom. The summed E-state index contributed by atoms with van der Waals surface area (Å²) >= 11 is 0. The van der Waals surface area contributed by atoms with Crippen LogP contribution in [0.5, 0.6) is 17.2 Å². The first-order valence-corrected chi connectivity index (χ1v) is 13.1. The fourth-order valence-electron chi connectivity index (χ4n) is 4.12. The van der Waals surface area contributed by atoms with E-state index in [1.807, 2.05) is 30.3 Å². The van der Waals surface area contributed by atoms with Crippen molar-refractivity contribution >= 4 is 21.6 Å². The number of nitrogens with one attached hydrogen (secondary N) is 1. The number of piperidine rings is 1. The number of amides is 1. The largest absolute Gasteiger partial charge is 0.497 e. The van der Waals surface area contributed by atoms with E-state index in [0.717, 1.165) is 5.56 Å². The van der Waals surface area contributed by atoms with E-state index >= 15 is 0 Å². The summed E-state index contributed by atoms with van der Waals surface area (Å²) in [6.07, 6.45) is 1.18. The highest BCUT2D eigenvalue weighted by atomic mass is 32.2. The molecule has 8 nitrogen and oxygen atoms in total. The summed E-state index contributed by atoms with van der Waals surface area (Å²) in [6, 6.07) is 21.7. The number of methoxy groups -OCH3 is 2. The van der Waals surface area contributed by atoms with Gasteiger partial charge in [-0.05, 0) is 54.8 Å². The Morgan fingerprint density at radius 3 is 2.39 bits per heavy atom. The summed E-state index contributed by atoms with van der Waals surface area (Å²) in [7, 11) is -0.984. The van der Waals surface area contributed by atoms with Crippen molar-refractivity contribution in [1.82, 2.24) is 4.31 Å². The molecule has 1 N–H and O–H groups in total. The van der Waals surface area contributed by atoms with Crippen LogP contribution in [0.4, 0.5) is 5.69 Å². The van der Waals surface area contributed by atoms with Crippen molar-refractivity contribution in [2.75, 3.05) is 32.6 Å². The molecule has 0 aliphatic carbocycles. The quantitative estimate of drug-likeness (QED) is 0.461. The Hall–Kier alpha value is -3.56. The average Bonchev–Trinajstić information content (AvgIpc) is 2.93. The van der Waals surface area contributed by atoms with Gasteiger partial charge < -0.3 is 19.5 Å². The molecule has 1 fully saturated rings. The van der Waals surface area contributed by atoms with Gasteiger partial charge in [0.2, 0.25) is 15.9 Å². The van der Waals surface area contributed by atoms with E-state index in [1.54, 1.807) is 36.4 Å². The Morgan fingerprint density at radius 2 is 1.69 bits per heavy atom. The molecule has 1 amide bonds. The van der Waals surface area contributed by atoms with Gasteiger partial charge in [0, 0.05) is 24.8 Å². The fraction of sp³-hybridized carbons (Fsp3) is 0.296. The highest BCUT2D eigenvalue weighted by Gasteiger charge is 2.35. The lowest BCUT2D eigenvalue weighted by atomic mass is 9.99. The molecular formula is C27H30N2O6S. The third-order valence-corrected chi connectivity index (χ3v) is 8.00. The molecule has 190 valence electrons. The molecule has 0 unspecified atom stereocenters. The maximum absolute atomic E-state index is 13.4. The summed E-state index contributed by atoms with van der Waals surface area (Å²) in [5.41, 5.74) is 1.69. The number of hydrogen-bond donors (Lipinski definition) is 1. The zero-order chi connectivity index (χ0) is 25.5. The predicted molar refractivity (Wildman–Crippen MR) is 137 cm³/mol. The molecule has 1 aliphatic heterocycles. The smallest absolute Gasteiger partial charge is 0.246 e. The minimum atomic E-state index is -3.88. The van der Waals surface area contributed by atoms with E-state index in [-0.39, 0.29) is 23.1 Å². The first-order valence-electron chi connectivity index (χ1n) is 11.7. The van der Waals surface area contributed by atoms with Gasteiger partial charge in [-0.1, -0.05) is 30.3 Å². The molecule has 9 heteroatoms. The molecule has 0 aromatic heterocycles. The second-order valence-corrected chi connectivity index (χ2v) is 10.4. The van der Waals surface area contributed by atoms with Crippen LogP contribution in [-0.4, -0.2) is 45.9 Å². The zero-order valence-corrected chi connectivity index (χ0v) is 21.2. The van der Waals surface area contributed by atoms with Crippen LogP contribution in [-0.2, 0) is 21.4 Å². The van der Waals surface area contributed by atoms with Crippen LogP contribution < -0.4 is 19.5 Å². The maximum Gasteiger partial charge on any atom is 0.246 e. The van der Waals surface area contributed by atoms with Crippen molar-refractivity contribution in [3.05, 3.63) is 78.4 Å². The number of carbonyl (C=O) groups is 1. The van der Waals surface area contributed by atoms with Crippen LogP contribution in [0.25, 0.3) is 0 Å². The normalized spacial score (nSPS) is 16.2. The molecular weight excluding hydrogens is 480 g/mol. The number of sulfonamides is 1. The summed E-state index contributed by atoms with van der Waals surface area (Å²) in [5.74, 6) is 0.650. The number of rotatable bonds is 9. The van der Waals surface area contributed by atoms with Gasteiger partial charge in [0.05, 0.1) is 20.1 Å². The third kappa shape index (κ3) is 5.98. The number of benzene rings is 3. The molecule has 0 saturated carbocycles. The standard InChI is InChI=1S/C27H30N2O6S/c1-33-24-14-15-25(34-2)26(17-24)36(31,32)29-16-6-9-21(18-29)27(30)28-22-10-12-23(13-11-22)35-19-20-7-4-3-5-8-20/h3-5,7-8,10-15,17,21H,6,9,16,18-19H2,1-2H3,(H,28,30)/t21-/m0/s1. The van der Waals surface area contributed by atoms with Crippen LogP contribution in [0.15, 0.2) is 77.7 Å². The minimum Gasteiger partial charge on any atom is -0.497 e. The van der Waals surface area contributed by atoms with Crippen molar-refractivity contribution in [3.63, 3.8) is 0 Å². The minimum absolute atomic E-state index is 0.0245. The van der Waals surface area contributed by atoms with Crippen LogP contribution in [0.3, 0.4) is 0 Å². The van der Waals surface area contributed by atoms with Gasteiger partial charge in [-0.3, -0.25) is 4.79 Å². The SMILES string of the molecule is COc1ccc(OC)c(S(=O)(=O)N2CCC[C@H](C(=O)Nc3ccc(OCc4ccccc4)cc3)C2)c1. The van der Waals surface area contributed by atoms with Gasteiger partial charge in [-0.15, -0.1) is 0 Å². The number of hydrogen-bond acceptors (Lipinski definition) is 6. The molecule has 1 heterocycles. The van der Waals surface area contributed by atoms with Crippen LogP contribution in [0.1, 0.15) is 18.4 Å². The molecule has 1 atom stereocenters. The highest BCUT2D eigenvalue weighted by molar-refractivity contribution is 7.89. The molecule has 3 aromatic carbocycles. The lowest BCUT2D eigenvalue weighted by Crippen LogP contribution is -2.43. The van der Waals surface area contributed by atoms with E-state index in [0.29, 0.717) is 43.2 Å². The lowest BCUT2D eigenvalue weighted by Gasteiger charge is -2.31. The van der Waals surface area contributed by atoms with Crippen molar-refractivity contribution in [2.45, 2.75) is 24.3 Å². The van der Waals surface area contributed by atoms with E-state index in [1.165, 1.54) is 24.6 Å². The molecule has 1 aliphatic rings. The predicted octanol–water partition coefficient (Wildman–Crippen LogP) is 4.32. The summed E-state index contributed by atoms with van der Waals surface area (Å²) < 4.78 is 44.4. The third-order valence-electron chi connectivity index (χ3n) is 6.11. The second kappa shape index (κ2) is 11.5. The van der Waals surface area contributed by atoms with E-state index in [4.69, 9.17) is 14.2 Å². The monoisotopic (exact) mass is 510 g/mol. The molecule has 3 aromatic rings. The van der Waals surface area contributed by atoms with E-state index < -0.39 is 15.9 Å². The van der Waals surface area contributed by atoms with Gasteiger partial charge in [0.15, 0.2) is 0 Å². The molecule has 0 radical (unpaired) electrons. The summed E-state index contributed by atoms with van der Waals surface area (Å²) in [4.78, 5) is 13.0. The van der Waals surface area contributed by atoms with Gasteiger partial charge in [-0.2, -0.15) is 4.31 Å². The molecule has 1 saturated heterocycles. The van der Waals surface area contributed by atoms with Crippen molar-refractivity contribution in [1.29, 1.82) is 0 Å². The van der Waals surface area contributed by atoms with Crippen LogP contribution >= 0.6 is 0 Å². The molecule has 36 heavy (non-hydrogen) atoms. The number of anilines is 1. The second-order valence-electron chi connectivity index (χ2n) is 8.51. The average molecular weight is 511 g/mol. The van der Waals surface area contributed by atoms with Gasteiger partial charge >= 0.3 is 0 Å². The van der Waals surface area contributed by atoms with Crippen LogP contribution in [0, 0.1) is 5.92 Å². The van der Waals surface area contributed by atoms with Gasteiger partial charge in [0.25, 0.3) is 0 Å². The molecule has 0 spiro atoms. The van der Waals surface area contributed by atoms with Gasteiger partial charge in [-0.25, -0.2) is 8.42 Å². The first kappa shape index (κ1) is 25.5. The zero-order valence-electron chi connectivity index (χ0n) is 20.3. The number of ether oxygens (including phenoxy) is 3. The lowest BCUT2D eigenvalue weighted by molar-refractivity contribution is -0.120. The molecule has 0 bridgehead atoms. The fourth-order valence-corrected chi connectivity index (χ4v) is 5.81. The Labute approximate surface area is 211 Å². The number of carbonyl (C=O) groups excluding carboxylic acids is 1. The Balaban J connectivity index is 1.39. The number of nitrogens with zero attached hydrogens (tertiary/aromatic N) is 1. The van der Waals surface area contributed by atoms with Crippen molar-refractivity contribution in [2.24, 2.45) is 5.92 Å². The maximum atomic E-state index is 13.4. The van der Waals surface area contributed by atoms with E-state index in [2.05, 4.69) is 5.32 Å². The molecule has 4 rings (SSSR count). The first-order chi connectivity index (χ1) is 17.4. The topological polar surface area (TPSA) is 94.2 Å². The summed E-state index contributed by atoms with van der Waals surface area (Å²) in [5, 5.41) is 2.90.